The molecule has 0 saturated carbocycles. The molecule has 0 amide bonds. The van der Waals surface area contributed by atoms with Crippen LogP contribution in [0.1, 0.15) is 23.1 Å². The fourth-order valence-corrected chi connectivity index (χ4v) is 2.83. The van der Waals surface area contributed by atoms with E-state index in [1.54, 1.807) is 11.8 Å². The third-order valence-electron chi connectivity index (χ3n) is 2.69. The molecule has 2 rings (SSSR count). The number of rotatable bonds is 3. The summed E-state index contributed by atoms with van der Waals surface area (Å²) in [5, 5.41) is 9.63. The van der Waals surface area contributed by atoms with Crippen LogP contribution in [0.15, 0.2) is 23.2 Å². The Kier molecular flexibility index (Phi) is 3.84. The molecule has 0 aromatic heterocycles. The number of aliphatic carboxylic acids is 1. The number of hydrogen-bond donors (Lipinski definition) is 1. The topological polar surface area (TPSA) is 49.7 Å². The summed E-state index contributed by atoms with van der Waals surface area (Å²) in [6.45, 7) is 2.87. The summed E-state index contributed by atoms with van der Waals surface area (Å²) in [6.07, 6.45) is 1.17. The lowest BCUT2D eigenvalue weighted by atomic mass is 10.0. The van der Waals surface area contributed by atoms with Crippen molar-refractivity contribution >= 4 is 22.8 Å². The first-order valence-corrected chi connectivity index (χ1v) is 6.64. The Morgan fingerprint density at radius 3 is 3.12 bits per heavy atom. The number of carboxylic acids is 1. The maximum Gasteiger partial charge on any atom is 0.304 e. The second-order valence-corrected chi connectivity index (χ2v) is 5.17. The number of carbonyl (C=O) groups is 1. The summed E-state index contributed by atoms with van der Waals surface area (Å²) in [5.74, 6) is -0.167. The number of aryl methyl sites for hydroxylation is 1. The van der Waals surface area contributed by atoms with Gasteiger partial charge >= 0.3 is 5.97 Å². The van der Waals surface area contributed by atoms with Gasteiger partial charge < -0.3 is 5.11 Å². The average molecular weight is 249 g/mol. The van der Waals surface area contributed by atoms with E-state index < -0.39 is 5.97 Å². The lowest BCUT2D eigenvalue weighted by Crippen LogP contribution is -2.11. The first-order valence-electron chi connectivity index (χ1n) is 5.66. The fourth-order valence-electron chi connectivity index (χ4n) is 1.83. The number of aliphatic imine (C=N–C) groups is 1. The van der Waals surface area contributed by atoms with Gasteiger partial charge in [0, 0.05) is 17.9 Å². The Morgan fingerprint density at radius 2 is 2.35 bits per heavy atom. The Morgan fingerprint density at radius 1 is 1.53 bits per heavy atom. The molecule has 0 unspecified atom stereocenters. The molecule has 0 aliphatic carbocycles. The summed E-state index contributed by atoms with van der Waals surface area (Å²) in [7, 11) is 0. The van der Waals surface area contributed by atoms with E-state index in [0.29, 0.717) is 5.75 Å². The van der Waals surface area contributed by atoms with Crippen LogP contribution in [0.4, 0.5) is 0 Å². The van der Waals surface area contributed by atoms with Gasteiger partial charge in [0.1, 0.15) is 0 Å². The zero-order valence-corrected chi connectivity index (χ0v) is 10.6. The van der Waals surface area contributed by atoms with Crippen molar-refractivity contribution in [2.24, 2.45) is 4.99 Å². The minimum absolute atomic E-state index is 0.185. The Balaban J connectivity index is 2.11. The molecule has 4 heteroatoms. The van der Waals surface area contributed by atoms with Crippen LogP contribution in [0.25, 0.3) is 0 Å². The second-order valence-electron chi connectivity index (χ2n) is 4.09. The summed E-state index contributed by atoms with van der Waals surface area (Å²) < 4.78 is 0. The van der Waals surface area contributed by atoms with Gasteiger partial charge in [-0.1, -0.05) is 17.7 Å². The molecule has 1 aliphatic rings. The highest BCUT2D eigenvalue weighted by Gasteiger charge is 2.14. The van der Waals surface area contributed by atoms with Gasteiger partial charge in [-0.25, -0.2) is 0 Å². The zero-order valence-electron chi connectivity index (χ0n) is 9.77. The van der Waals surface area contributed by atoms with Crippen LogP contribution in [0.5, 0.6) is 0 Å². The van der Waals surface area contributed by atoms with Gasteiger partial charge in [-0.05, 0) is 25.0 Å². The van der Waals surface area contributed by atoms with Crippen molar-refractivity contribution in [3.63, 3.8) is 0 Å². The Labute approximate surface area is 105 Å². The number of thioether (sulfide) groups is 1. The maximum atomic E-state index is 10.5. The quantitative estimate of drug-likeness (QED) is 0.895. The van der Waals surface area contributed by atoms with Crippen LogP contribution in [-0.2, 0) is 11.2 Å². The van der Waals surface area contributed by atoms with Crippen LogP contribution < -0.4 is 0 Å². The molecule has 0 fully saturated rings. The molecule has 0 bridgehead atoms. The van der Waals surface area contributed by atoms with Crippen LogP contribution in [0.3, 0.4) is 0 Å². The molecule has 0 radical (unpaired) electrons. The van der Waals surface area contributed by atoms with Crippen molar-refractivity contribution in [3.8, 4) is 0 Å². The summed E-state index contributed by atoms with van der Waals surface area (Å²) in [6, 6.07) is 6.40. The predicted molar refractivity (Wildman–Crippen MR) is 71.0 cm³/mol. The van der Waals surface area contributed by atoms with E-state index >= 15 is 0 Å². The van der Waals surface area contributed by atoms with Crippen molar-refractivity contribution < 1.29 is 9.90 Å². The van der Waals surface area contributed by atoms with E-state index in [1.165, 1.54) is 16.7 Å². The molecule has 0 atom stereocenters. The Hall–Kier alpha value is -1.29. The van der Waals surface area contributed by atoms with E-state index in [-0.39, 0.29) is 6.42 Å². The molecule has 1 aromatic rings. The number of hydrogen-bond acceptors (Lipinski definition) is 3. The van der Waals surface area contributed by atoms with Crippen molar-refractivity contribution in [2.75, 3.05) is 12.3 Å². The van der Waals surface area contributed by atoms with E-state index in [4.69, 9.17) is 5.11 Å². The second kappa shape index (κ2) is 5.36. The standard InChI is InChI=1S/C13H15NO2S/c1-9-2-3-10-4-6-14-13(11(10)8-9)17-7-5-12(15)16/h2-3,8H,4-7H2,1H3,(H,15,16). The van der Waals surface area contributed by atoms with Crippen molar-refractivity contribution in [1.82, 2.24) is 0 Å². The normalized spacial score (nSPS) is 14.1. The highest BCUT2D eigenvalue weighted by Crippen LogP contribution is 2.24. The molecular formula is C13H15NO2S. The fraction of sp³-hybridized carbons (Fsp3) is 0.385. The zero-order chi connectivity index (χ0) is 12.3. The van der Waals surface area contributed by atoms with Crippen LogP contribution in [-0.4, -0.2) is 28.4 Å². The highest BCUT2D eigenvalue weighted by atomic mass is 32.2. The van der Waals surface area contributed by atoms with Gasteiger partial charge in [0.25, 0.3) is 0 Å². The highest BCUT2D eigenvalue weighted by molar-refractivity contribution is 8.14. The average Bonchev–Trinajstić information content (AvgIpc) is 2.29. The van der Waals surface area contributed by atoms with Crippen molar-refractivity contribution in [3.05, 3.63) is 34.9 Å². The van der Waals surface area contributed by atoms with Crippen molar-refractivity contribution in [1.29, 1.82) is 0 Å². The van der Waals surface area contributed by atoms with Crippen LogP contribution in [0.2, 0.25) is 0 Å². The van der Waals surface area contributed by atoms with Crippen molar-refractivity contribution in [2.45, 2.75) is 19.8 Å². The van der Waals surface area contributed by atoms with Crippen LogP contribution >= 0.6 is 11.8 Å². The van der Waals surface area contributed by atoms with Gasteiger partial charge in [-0.2, -0.15) is 0 Å². The van der Waals surface area contributed by atoms with E-state index in [0.717, 1.165) is 18.0 Å². The molecular weight excluding hydrogens is 234 g/mol. The van der Waals surface area contributed by atoms with Gasteiger partial charge in [-0.15, -0.1) is 11.8 Å². The van der Waals surface area contributed by atoms with E-state index in [2.05, 4.69) is 30.1 Å². The minimum atomic E-state index is -0.752. The molecule has 1 N–H and O–H groups in total. The lowest BCUT2D eigenvalue weighted by molar-refractivity contribution is -0.136. The first kappa shape index (κ1) is 12.2. The Bertz CT molecular complexity index is 468. The summed E-state index contributed by atoms with van der Waals surface area (Å²) in [4.78, 5) is 15.0. The van der Waals surface area contributed by atoms with E-state index in [9.17, 15) is 4.79 Å². The van der Waals surface area contributed by atoms with Gasteiger partial charge in [0.15, 0.2) is 0 Å². The van der Waals surface area contributed by atoms with Gasteiger partial charge in [-0.3, -0.25) is 9.79 Å². The molecule has 0 spiro atoms. The third-order valence-corrected chi connectivity index (χ3v) is 3.72. The smallest absolute Gasteiger partial charge is 0.304 e. The first-order chi connectivity index (χ1) is 8.16. The number of carboxylic acid groups (broad SMARTS) is 1. The SMILES string of the molecule is Cc1ccc2c(c1)C(SCCC(=O)O)=NCC2. The minimum Gasteiger partial charge on any atom is -0.481 e. The van der Waals surface area contributed by atoms with Gasteiger partial charge in [0.05, 0.1) is 11.5 Å². The monoisotopic (exact) mass is 249 g/mol. The lowest BCUT2D eigenvalue weighted by Gasteiger charge is -2.16. The summed E-state index contributed by atoms with van der Waals surface area (Å²) in [5.41, 5.74) is 3.73. The molecule has 0 saturated heterocycles. The molecule has 17 heavy (non-hydrogen) atoms. The van der Waals surface area contributed by atoms with Crippen LogP contribution in [0, 0.1) is 6.92 Å². The largest absolute Gasteiger partial charge is 0.481 e. The number of fused-ring (bicyclic) bond motifs is 1. The number of nitrogens with zero attached hydrogens (tertiary/aromatic N) is 1. The number of benzene rings is 1. The molecule has 90 valence electrons. The van der Waals surface area contributed by atoms with Gasteiger partial charge in [0.2, 0.25) is 0 Å². The predicted octanol–water partition coefficient (Wildman–Crippen LogP) is 2.51. The van der Waals surface area contributed by atoms with E-state index in [1.807, 2.05) is 0 Å². The molecule has 1 aliphatic heterocycles. The molecule has 1 aromatic carbocycles. The third kappa shape index (κ3) is 3.09. The molecule has 3 nitrogen and oxygen atoms in total. The molecule has 1 heterocycles. The maximum absolute atomic E-state index is 10.5. The summed E-state index contributed by atoms with van der Waals surface area (Å²) >= 11 is 1.55.